The lowest BCUT2D eigenvalue weighted by molar-refractivity contribution is -0.139. The van der Waals surface area contributed by atoms with Crippen LogP contribution in [-0.4, -0.2) is 60.6 Å². The molecule has 3 unspecified atom stereocenters. The Labute approximate surface area is 227 Å². The number of nitrogens with one attached hydrogen (secondary N) is 1. The van der Waals surface area contributed by atoms with Crippen LogP contribution in [0.1, 0.15) is 55.5 Å². The summed E-state index contributed by atoms with van der Waals surface area (Å²) in [5.41, 5.74) is 3.53. The van der Waals surface area contributed by atoms with Gasteiger partial charge in [-0.1, -0.05) is 91.0 Å². The molecule has 0 saturated carbocycles. The van der Waals surface area contributed by atoms with Crippen LogP contribution in [0.5, 0.6) is 0 Å². The minimum atomic E-state index is -0.252. The first-order valence-corrected chi connectivity index (χ1v) is 14.1. The first kappa shape index (κ1) is 26.6. The van der Waals surface area contributed by atoms with Gasteiger partial charge in [0, 0.05) is 44.3 Å². The van der Waals surface area contributed by atoms with E-state index in [-0.39, 0.29) is 18.6 Å². The van der Waals surface area contributed by atoms with Crippen molar-refractivity contribution in [2.75, 3.05) is 32.8 Å². The van der Waals surface area contributed by atoms with Crippen LogP contribution in [-0.2, 0) is 9.53 Å². The smallest absolute Gasteiger partial charge is 0.248 e. The SMILES string of the molecule is CC1NCCN(C(c2ccccc2)C2CCN(C(=O)COC(c3ccccc3)c3ccccc3)CC2)C1C. The molecule has 3 atom stereocenters. The number of piperidine rings is 1. The third kappa shape index (κ3) is 6.17. The molecule has 2 heterocycles. The number of amides is 1. The van der Waals surface area contributed by atoms with E-state index in [2.05, 4.69) is 78.7 Å². The Hall–Kier alpha value is -2.99. The molecule has 2 aliphatic rings. The summed E-state index contributed by atoms with van der Waals surface area (Å²) in [7, 11) is 0. The van der Waals surface area contributed by atoms with Gasteiger partial charge in [-0.25, -0.2) is 0 Å². The lowest BCUT2D eigenvalue weighted by Crippen LogP contribution is -2.57. The van der Waals surface area contributed by atoms with Crippen molar-refractivity contribution in [1.82, 2.24) is 15.1 Å². The number of carbonyl (C=O) groups is 1. The number of hydrogen-bond donors (Lipinski definition) is 1. The molecule has 2 aliphatic heterocycles. The third-order valence-corrected chi connectivity index (χ3v) is 8.50. The molecule has 38 heavy (non-hydrogen) atoms. The molecule has 0 aromatic heterocycles. The van der Waals surface area contributed by atoms with Gasteiger partial charge in [-0.15, -0.1) is 0 Å². The molecular weight excluding hydrogens is 470 g/mol. The van der Waals surface area contributed by atoms with E-state index in [9.17, 15) is 4.79 Å². The summed E-state index contributed by atoms with van der Waals surface area (Å²) in [5, 5.41) is 3.63. The Balaban J connectivity index is 1.23. The van der Waals surface area contributed by atoms with Gasteiger partial charge in [-0.3, -0.25) is 9.69 Å². The van der Waals surface area contributed by atoms with E-state index in [1.165, 1.54) is 5.56 Å². The molecule has 200 valence electrons. The molecule has 2 fully saturated rings. The first-order chi connectivity index (χ1) is 18.6. The predicted octanol–water partition coefficient (Wildman–Crippen LogP) is 5.45. The Morgan fingerprint density at radius 3 is 1.89 bits per heavy atom. The molecule has 2 saturated heterocycles. The van der Waals surface area contributed by atoms with Gasteiger partial charge < -0.3 is 15.0 Å². The highest BCUT2D eigenvalue weighted by Crippen LogP contribution is 2.38. The number of likely N-dealkylation sites (tertiary alicyclic amines) is 1. The fourth-order valence-corrected chi connectivity index (χ4v) is 6.21. The van der Waals surface area contributed by atoms with Crippen LogP contribution < -0.4 is 5.32 Å². The van der Waals surface area contributed by atoms with Gasteiger partial charge in [0.25, 0.3) is 0 Å². The zero-order valence-electron chi connectivity index (χ0n) is 22.7. The Bertz CT molecular complexity index is 1090. The topological polar surface area (TPSA) is 44.8 Å². The van der Waals surface area contributed by atoms with Gasteiger partial charge in [-0.05, 0) is 49.3 Å². The third-order valence-electron chi connectivity index (χ3n) is 8.50. The van der Waals surface area contributed by atoms with Crippen molar-refractivity contribution in [2.45, 2.75) is 50.9 Å². The number of hydrogen-bond acceptors (Lipinski definition) is 4. The van der Waals surface area contributed by atoms with E-state index in [0.717, 1.165) is 50.1 Å². The molecular formula is C33H41N3O2. The largest absolute Gasteiger partial charge is 0.359 e. The molecule has 1 amide bonds. The summed E-state index contributed by atoms with van der Waals surface area (Å²) in [4.78, 5) is 18.0. The zero-order chi connectivity index (χ0) is 26.3. The number of piperazine rings is 1. The Morgan fingerprint density at radius 1 is 0.816 bits per heavy atom. The number of carbonyl (C=O) groups excluding carboxylic acids is 1. The highest BCUT2D eigenvalue weighted by atomic mass is 16.5. The van der Waals surface area contributed by atoms with Crippen LogP contribution in [0.2, 0.25) is 0 Å². The van der Waals surface area contributed by atoms with Gasteiger partial charge in [-0.2, -0.15) is 0 Å². The lowest BCUT2D eigenvalue weighted by atomic mass is 9.82. The molecule has 0 aliphatic carbocycles. The summed E-state index contributed by atoms with van der Waals surface area (Å²) >= 11 is 0. The molecule has 0 radical (unpaired) electrons. The summed E-state index contributed by atoms with van der Waals surface area (Å²) in [5.74, 6) is 0.609. The van der Waals surface area contributed by atoms with Gasteiger partial charge in [0.15, 0.2) is 0 Å². The lowest BCUT2D eigenvalue weighted by Gasteiger charge is -2.48. The minimum Gasteiger partial charge on any atom is -0.359 e. The number of nitrogens with zero attached hydrogens (tertiary/aromatic N) is 2. The van der Waals surface area contributed by atoms with Crippen LogP contribution >= 0.6 is 0 Å². The quantitative estimate of drug-likeness (QED) is 0.437. The van der Waals surface area contributed by atoms with Gasteiger partial charge in [0.05, 0.1) is 0 Å². The average molecular weight is 512 g/mol. The molecule has 5 heteroatoms. The monoisotopic (exact) mass is 511 g/mol. The van der Waals surface area contributed by atoms with Crippen LogP contribution in [0.3, 0.4) is 0 Å². The second-order valence-corrected chi connectivity index (χ2v) is 10.8. The molecule has 0 spiro atoms. The standard InChI is InChI=1S/C33H41N3O2/c1-25-26(2)36(23-20-34-25)32(27-12-6-3-7-13-27)28-18-21-35(22-19-28)31(37)24-38-33(29-14-8-4-9-15-29)30-16-10-5-11-17-30/h3-17,25-26,28,32-34H,18-24H2,1-2H3. The van der Waals surface area contributed by atoms with Crippen molar-refractivity contribution in [3.05, 3.63) is 108 Å². The van der Waals surface area contributed by atoms with E-state index in [1.807, 2.05) is 41.3 Å². The normalized spacial score (nSPS) is 21.9. The maximum atomic E-state index is 13.3. The highest BCUT2D eigenvalue weighted by molar-refractivity contribution is 5.77. The van der Waals surface area contributed by atoms with Gasteiger partial charge in [0.2, 0.25) is 5.91 Å². The van der Waals surface area contributed by atoms with Crippen molar-refractivity contribution in [3.63, 3.8) is 0 Å². The summed E-state index contributed by atoms with van der Waals surface area (Å²) in [6.45, 7) is 8.37. The maximum Gasteiger partial charge on any atom is 0.248 e. The molecule has 0 bridgehead atoms. The molecule has 3 aromatic carbocycles. The number of rotatable bonds is 8. The maximum absolute atomic E-state index is 13.3. The molecule has 5 nitrogen and oxygen atoms in total. The van der Waals surface area contributed by atoms with Crippen molar-refractivity contribution >= 4 is 5.91 Å². The van der Waals surface area contributed by atoms with E-state index >= 15 is 0 Å². The van der Waals surface area contributed by atoms with Crippen LogP contribution in [0.25, 0.3) is 0 Å². The van der Waals surface area contributed by atoms with Crippen molar-refractivity contribution < 1.29 is 9.53 Å². The molecule has 5 rings (SSSR count). The van der Waals surface area contributed by atoms with Gasteiger partial charge >= 0.3 is 0 Å². The molecule has 3 aromatic rings. The van der Waals surface area contributed by atoms with Crippen LogP contribution in [0, 0.1) is 5.92 Å². The number of benzene rings is 3. The minimum absolute atomic E-state index is 0.0840. The van der Waals surface area contributed by atoms with Crippen LogP contribution in [0.15, 0.2) is 91.0 Å². The summed E-state index contributed by atoms with van der Waals surface area (Å²) < 4.78 is 6.29. The Morgan fingerprint density at radius 2 is 1.34 bits per heavy atom. The second-order valence-electron chi connectivity index (χ2n) is 10.8. The van der Waals surface area contributed by atoms with Crippen molar-refractivity contribution in [2.24, 2.45) is 5.92 Å². The zero-order valence-corrected chi connectivity index (χ0v) is 22.7. The van der Waals surface area contributed by atoms with E-state index < -0.39 is 0 Å². The van der Waals surface area contributed by atoms with Crippen molar-refractivity contribution in [3.8, 4) is 0 Å². The summed E-state index contributed by atoms with van der Waals surface area (Å²) in [6.07, 6.45) is 1.77. The highest BCUT2D eigenvalue weighted by Gasteiger charge is 2.37. The van der Waals surface area contributed by atoms with E-state index in [0.29, 0.717) is 24.0 Å². The number of ether oxygens (including phenoxy) is 1. The van der Waals surface area contributed by atoms with E-state index in [4.69, 9.17) is 4.74 Å². The fourth-order valence-electron chi connectivity index (χ4n) is 6.21. The fraction of sp³-hybridized carbons (Fsp3) is 0.424. The van der Waals surface area contributed by atoms with E-state index in [1.54, 1.807) is 0 Å². The summed E-state index contributed by atoms with van der Waals surface area (Å²) in [6, 6.07) is 32.6. The first-order valence-electron chi connectivity index (χ1n) is 14.1. The van der Waals surface area contributed by atoms with Gasteiger partial charge in [0.1, 0.15) is 12.7 Å². The Kier molecular flexibility index (Phi) is 8.90. The van der Waals surface area contributed by atoms with Crippen molar-refractivity contribution in [1.29, 1.82) is 0 Å². The molecule has 1 N–H and O–H groups in total. The second kappa shape index (κ2) is 12.7. The predicted molar refractivity (Wildman–Crippen MR) is 153 cm³/mol. The average Bonchev–Trinajstić information content (AvgIpc) is 2.97. The van der Waals surface area contributed by atoms with Crippen LogP contribution in [0.4, 0.5) is 0 Å².